The van der Waals surface area contributed by atoms with Crippen molar-refractivity contribution < 1.29 is 12.8 Å². The van der Waals surface area contributed by atoms with Crippen LogP contribution in [0.3, 0.4) is 0 Å². The second kappa shape index (κ2) is 6.79. The second-order valence-corrected chi connectivity index (χ2v) is 10.4. The van der Waals surface area contributed by atoms with Crippen molar-refractivity contribution in [3.05, 3.63) is 50.0 Å². The SMILES string of the molecule is Cc1nc(-c2cc(S(=O)(=O)Nc3ccc(Br)cc3F)c(C)s2)sc1C. The molecule has 0 aliphatic rings. The smallest absolute Gasteiger partial charge is 0.263 e. The number of nitrogens with one attached hydrogen (secondary N) is 1. The van der Waals surface area contributed by atoms with E-state index < -0.39 is 15.8 Å². The lowest BCUT2D eigenvalue weighted by molar-refractivity contribution is 0.598. The van der Waals surface area contributed by atoms with E-state index in [0.29, 0.717) is 9.35 Å². The number of hydrogen-bond donors (Lipinski definition) is 1. The number of hydrogen-bond acceptors (Lipinski definition) is 5. The van der Waals surface area contributed by atoms with Crippen LogP contribution < -0.4 is 4.72 Å². The number of sulfonamides is 1. The van der Waals surface area contributed by atoms with Crippen molar-refractivity contribution >= 4 is 54.3 Å². The number of nitrogens with zero attached hydrogens (tertiary/aromatic N) is 1. The van der Waals surface area contributed by atoms with Crippen molar-refractivity contribution in [3.63, 3.8) is 0 Å². The summed E-state index contributed by atoms with van der Waals surface area (Å²) in [6.45, 7) is 5.63. The molecule has 3 aromatic rings. The minimum atomic E-state index is -3.89. The number of aryl methyl sites for hydroxylation is 3. The van der Waals surface area contributed by atoms with Crippen LogP contribution in [-0.2, 0) is 10.0 Å². The molecule has 1 aromatic carbocycles. The van der Waals surface area contributed by atoms with Crippen LogP contribution >= 0.6 is 38.6 Å². The van der Waals surface area contributed by atoms with E-state index in [1.54, 1.807) is 19.1 Å². The second-order valence-electron chi connectivity index (χ2n) is 5.42. The van der Waals surface area contributed by atoms with Crippen molar-refractivity contribution in [2.45, 2.75) is 25.7 Å². The fourth-order valence-electron chi connectivity index (χ4n) is 2.19. The van der Waals surface area contributed by atoms with Crippen molar-refractivity contribution in [2.75, 3.05) is 4.72 Å². The predicted octanol–water partition coefficient (Wildman–Crippen LogP) is 5.50. The average molecular weight is 461 g/mol. The Labute approximate surface area is 161 Å². The van der Waals surface area contributed by atoms with Gasteiger partial charge in [-0.3, -0.25) is 4.72 Å². The molecule has 9 heteroatoms. The molecular formula is C16H14BrFN2O2S3. The van der Waals surface area contributed by atoms with E-state index in [-0.39, 0.29) is 10.6 Å². The molecule has 0 aliphatic carbocycles. The van der Waals surface area contributed by atoms with E-state index >= 15 is 0 Å². The van der Waals surface area contributed by atoms with Crippen molar-refractivity contribution in [3.8, 4) is 9.88 Å². The first-order valence-corrected chi connectivity index (χ1v) is 11.1. The van der Waals surface area contributed by atoms with E-state index in [1.165, 1.54) is 34.8 Å². The Morgan fingerprint density at radius 3 is 2.44 bits per heavy atom. The Kier molecular flexibility index (Phi) is 5.02. The molecule has 0 atom stereocenters. The van der Waals surface area contributed by atoms with Crippen LogP contribution in [0.15, 0.2) is 33.6 Å². The summed E-state index contributed by atoms with van der Waals surface area (Å²) in [7, 11) is -3.89. The molecule has 0 aliphatic heterocycles. The van der Waals surface area contributed by atoms with Crippen LogP contribution in [0.1, 0.15) is 15.4 Å². The molecule has 2 aromatic heterocycles. The molecule has 1 N–H and O–H groups in total. The number of aromatic nitrogens is 1. The summed E-state index contributed by atoms with van der Waals surface area (Å²) in [4.78, 5) is 7.13. The Hall–Kier alpha value is -1.29. The fraction of sp³-hybridized carbons (Fsp3) is 0.188. The van der Waals surface area contributed by atoms with Gasteiger partial charge in [0.15, 0.2) is 0 Å². The Morgan fingerprint density at radius 2 is 1.84 bits per heavy atom. The molecule has 0 saturated carbocycles. The first-order chi connectivity index (χ1) is 11.7. The van der Waals surface area contributed by atoms with Gasteiger partial charge < -0.3 is 0 Å². The monoisotopic (exact) mass is 460 g/mol. The standard InChI is InChI=1S/C16H14BrFN2O2S3/c1-8-9(2)24-16(19-8)14-7-15(10(3)23-14)25(21,22)20-13-5-4-11(17)6-12(13)18/h4-7,20H,1-3H3. The van der Waals surface area contributed by atoms with Gasteiger partial charge in [0, 0.05) is 14.2 Å². The lowest BCUT2D eigenvalue weighted by atomic mass is 10.3. The molecule has 0 spiro atoms. The summed E-state index contributed by atoms with van der Waals surface area (Å²) in [5.41, 5.74) is 0.849. The van der Waals surface area contributed by atoms with Crippen molar-refractivity contribution in [2.24, 2.45) is 0 Å². The summed E-state index contributed by atoms with van der Waals surface area (Å²) < 4.78 is 42.2. The third kappa shape index (κ3) is 3.79. The Morgan fingerprint density at radius 1 is 1.12 bits per heavy atom. The first-order valence-electron chi connectivity index (χ1n) is 7.20. The highest BCUT2D eigenvalue weighted by Gasteiger charge is 2.23. The third-order valence-corrected chi connectivity index (χ3v) is 7.98. The summed E-state index contributed by atoms with van der Waals surface area (Å²) in [5.74, 6) is -0.641. The van der Waals surface area contributed by atoms with Gasteiger partial charge in [-0.05, 0) is 45.0 Å². The molecule has 0 unspecified atom stereocenters. The van der Waals surface area contributed by atoms with E-state index in [1.807, 2.05) is 13.8 Å². The molecule has 3 rings (SSSR count). The van der Waals surface area contributed by atoms with Crippen molar-refractivity contribution in [1.82, 2.24) is 4.98 Å². The van der Waals surface area contributed by atoms with Crippen LogP contribution in [-0.4, -0.2) is 13.4 Å². The summed E-state index contributed by atoms with van der Waals surface area (Å²) in [5, 5.41) is 0.791. The largest absolute Gasteiger partial charge is 0.277 e. The quantitative estimate of drug-likeness (QED) is 0.558. The van der Waals surface area contributed by atoms with Gasteiger partial charge in [-0.1, -0.05) is 15.9 Å². The van der Waals surface area contributed by atoms with Gasteiger partial charge in [0.05, 0.1) is 16.3 Å². The van der Waals surface area contributed by atoms with Crippen molar-refractivity contribution in [1.29, 1.82) is 0 Å². The van der Waals surface area contributed by atoms with Gasteiger partial charge in [-0.2, -0.15) is 0 Å². The molecular weight excluding hydrogens is 447 g/mol. The zero-order valence-electron chi connectivity index (χ0n) is 13.6. The molecule has 0 radical (unpaired) electrons. The number of thiazole rings is 1. The van der Waals surface area contributed by atoms with Gasteiger partial charge in [0.25, 0.3) is 10.0 Å². The maximum absolute atomic E-state index is 14.0. The van der Waals surface area contributed by atoms with Crippen LogP contribution in [0.25, 0.3) is 9.88 Å². The first kappa shape index (κ1) is 18.5. The fourth-order valence-corrected chi connectivity index (χ4v) is 6.14. The Bertz CT molecular complexity index is 1040. The maximum Gasteiger partial charge on any atom is 0.263 e. The lowest BCUT2D eigenvalue weighted by Crippen LogP contribution is -2.14. The Balaban J connectivity index is 1.97. The molecule has 0 bridgehead atoms. The van der Waals surface area contributed by atoms with Gasteiger partial charge in [0.1, 0.15) is 15.7 Å². The van der Waals surface area contributed by atoms with E-state index in [4.69, 9.17) is 0 Å². The number of thiophene rings is 1. The highest BCUT2D eigenvalue weighted by Crippen LogP contribution is 2.37. The maximum atomic E-state index is 14.0. The summed E-state index contributed by atoms with van der Waals surface area (Å²) in [6, 6.07) is 5.77. The zero-order valence-corrected chi connectivity index (χ0v) is 17.6. The molecule has 0 fully saturated rings. The summed E-state index contributed by atoms with van der Waals surface area (Å²) in [6.07, 6.45) is 0. The number of anilines is 1. The molecule has 4 nitrogen and oxygen atoms in total. The summed E-state index contributed by atoms with van der Waals surface area (Å²) >= 11 is 6.04. The van der Waals surface area contributed by atoms with Gasteiger partial charge in [-0.25, -0.2) is 17.8 Å². The van der Waals surface area contributed by atoms with Gasteiger partial charge in [-0.15, -0.1) is 22.7 Å². The van der Waals surface area contributed by atoms with E-state index in [0.717, 1.165) is 20.5 Å². The third-order valence-electron chi connectivity index (χ3n) is 3.58. The van der Waals surface area contributed by atoms with Crippen LogP contribution in [0.5, 0.6) is 0 Å². The molecule has 2 heterocycles. The predicted molar refractivity (Wildman–Crippen MR) is 105 cm³/mol. The molecule has 25 heavy (non-hydrogen) atoms. The van der Waals surface area contributed by atoms with Crippen LogP contribution in [0.4, 0.5) is 10.1 Å². The average Bonchev–Trinajstić information content (AvgIpc) is 3.06. The zero-order chi connectivity index (χ0) is 18.4. The topological polar surface area (TPSA) is 59.1 Å². The number of halogens is 2. The van der Waals surface area contributed by atoms with E-state index in [9.17, 15) is 12.8 Å². The number of rotatable bonds is 4. The van der Waals surface area contributed by atoms with Crippen LogP contribution in [0.2, 0.25) is 0 Å². The lowest BCUT2D eigenvalue weighted by Gasteiger charge is -2.08. The molecule has 0 amide bonds. The normalized spacial score (nSPS) is 11.7. The van der Waals surface area contributed by atoms with E-state index in [2.05, 4.69) is 25.6 Å². The number of benzene rings is 1. The van der Waals surface area contributed by atoms with Crippen LogP contribution in [0, 0.1) is 26.6 Å². The minimum Gasteiger partial charge on any atom is -0.277 e. The highest BCUT2D eigenvalue weighted by atomic mass is 79.9. The van der Waals surface area contributed by atoms with Gasteiger partial charge in [0.2, 0.25) is 0 Å². The van der Waals surface area contributed by atoms with Gasteiger partial charge >= 0.3 is 0 Å². The highest BCUT2D eigenvalue weighted by molar-refractivity contribution is 9.10. The molecule has 132 valence electrons. The molecule has 0 saturated heterocycles. The minimum absolute atomic E-state index is 0.0868.